The SMILES string of the molecule is Cc1cccc(C)c1NC(=O)C[S@@](=O)CC(=O)Nc1ccc(N2CCOCC2)cc1. The Hall–Kier alpha value is -2.71. The number of carbonyl (C=O) groups is 2. The molecule has 3 rings (SSSR count). The lowest BCUT2D eigenvalue weighted by Crippen LogP contribution is -2.36. The number of amides is 2. The molecule has 1 aliphatic rings. The lowest BCUT2D eigenvalue weighted by molar-refractivity contribution is -0.114. The number of hydrogen-bond donors (Lipinski definition) is 2. The van der Waals surface area contributed by atoms with Crippen LogP contribution in [0.25, 0.3) is 0 Å². The predicted octanol–water partition coefficient (Wildman–Crippen LogP) is 2.47. The summed E-state index contributed by atoms with van der Waals surface area (Å²) in [6, 6.07) is 13.2. The molecule has 2 aromatic carbocycles. The molecule has 0 radical (unpaired) electrons. The minimum Gasteiger partial charge on any atom is -0.378 e. The Kier molecular flexibility index (Phi) is 7.59. The number of rotatable bonds is 7. The van der Waals surface area contributed by atoms with Gasteiger partial charge in [0.05, 0.1) is 13.2 Å². The van der Waals surface area contributed by atoms with E-state index in [0.717, 1.165) is 35.6 Å². The lowest BCUT2D eigenvalue weighted by Gasteiger charge is -2.28. The second kappa shape index (κ2) is 10.4. The first kappa shape index (κ1) is 22.0. The van der Waals surface area contributed by atoms with Crippen molar-refractivity contribution in [2.45, 2.75) is 13.8 Å². The maximum absolute atomic E-state index is 12.2. The van der Waals surface area contributed by atoms with Crippen molar-refractivity contribution in [3.63, 3.8) is 0 Å². The Labute approximate surface area is 179 Å². The Morgan fingerprint density at radius 3 is 2.10 bits per heavy atom. The molecule has 7 nitrogen and oxygen atoms in total. The third-order valence-corrected chi connectivity index (χ3v) is 6.03. The molecule has 0 aliphatic carbocycles. The number of benzene rings is 2. The third-order valence-electron chi connectivity index (χ3n) is 4.86. The molecule has 2 N–H and O–H groups in total. The van der Waals surface area contributed by atoms with Gasteiger partial charge in [-0.2, -0.15) is 0 Å². The second-order valence-corrected chi connectivity index (χ2v) is 8.69. The summed E-state index contributed by atoms with van der Waals surface area (Å²) in [7, 11) is -1.60. The number of ether oxygens (including phenoxy) is 1. The standard InChI is InChI=1S/C22H27N3O4S/c1-16-4-3-5-17(2)22(16)24-21(27)15-30(28)14-20(26)23-18-6-8-19(9-7-18)25-10-12-29-13-11-25/h3-9H,10-15H2,1-2H3,(H,23,26)(H,24,27)/t30-/m0/s1. The van der Waals surface area contributed by atoms with Crippen molar-refractivity contribution in [2.24, 2.45) is 0 Å². The fourth-order valence-electron chi connectivity index (χ4n) is 3.30. The van der Waals surface area contributed by atoms with Crippen LogP contribution in [0.2, 0.25) is 0 Å². The molecule has 1 aliphatic heterocycles. The van der Waals surface area contributed by atoms with Crippen molar-refractivity contribution in [3.05, 3.63) is 53.6 Å². The van der Waals surface area contributed by atoms with E-state index >= 15 is 0 Å². The van der Waals surface area contributed by atoms with E-state index in [1.165, 1.54) is 0 Å². The first-order valence-corrected chi connectivity index (χ1v) is 11.3. The summed E-state index contributed by atoms with van der Waals surface area (Å²) >= 11 is 0. The van der Waals surface area contributed by atoms with Crippen LogP contribution in [-0.2, 0) is 25.1 Å². The maximum atomic E-state index is 12.2. The van der Waals surface area contributed by atoms with Gasteiger partial charge in [-0.15, -0.1) is 0 Å². The van der Waals surface area contributed by atoms with Crippen LogP contribution in [0.4, 0.5) is 17.1 Å². The van der Waals surface area contributed by atoms with Crippen LogP contribution in [0.15, 0.2) is 42.5 Å². The van der Waals surface area contributed by atoms with Crippen LogP contribution < -0.4 is 15.5 Å². The molecule has 1 saturated heterocycles. The van der Waals surface area contributed by atoms with Crippen LogP contribution >= 0.6 is 0 Å². The van der Waals surface area contributed by atoms with E-state index in [-0.39, 0.29) is 23.3 Å². The Balaban J connectivity index is 1.47. The van der Waals surface area contributed by atoms with E-state index in [1.54, 1.807) is 0 Å². The molecular weight excluding hydrogens is 402 g/mol. The van der Waals surface area contributed by atoms with E-state index in [2.05, 4.69) is 15.5 Å². The molecule has 0 unspecified atom stereocenters. The van der Waals surface area contributed by atoms with Gasteiger partial charge in [-0.3, -0.25) is 13.8 Å². The Morgan fingerprint density at radius 2 is 1.50 bits per heavy atom. The fraction of sp³-hybridized carbons (Fsp3) is 0.364. The molecule has 30 heavy (non-hydrogen) atoms. The average Bonchev–Trinajstić information content (AvgIpc) is 2.72. The van der Waals surface area contributed by atoms with Crippen molar-refractivity contribution < 1.29 is 18.5 Å². The minimum atomic E-state index is -1.60. The zero-order chi connectivity index (χ0) is 21.5. The summed E-state index contributed by atoms with van der Waals surface area (Å²) in [5, 5.41) is 5.53. The highest BCUT2D eigenvalue weighted by atomic mass is 32.2. The van der Waals surface area contributed by atoms with Crippen molar-refractivity contribution in [2.75, 3.05) is 53.3 Å². The van der Waals surface area contributed by atoms with Crippen LogP contribution in [0, 0.1) is 13.8 Å². The smallest absolute Gasteiger partial charge is 0.237 e. The van der Waals surface area contributed by atoms with E-state index < -0.39 is 10.8 Å². The first-order chi connectivity index (χ1) is 14.4. The van der Waals surface area contributed by atoms with Crippen LogP contribution in [0.5, 0.6) is 0 Å². The van der Waals surface area contributed by atoms with Crippen LogP contribution in [-0.4, -0.2) is 53.8 Å². The summed E-state index contributed by atoms with van der Waals surface area (Å²) in [5.41, 5.74) is 4.31. The summed E-state index contributed by atoms with van der Waals surface area (Å²) < 4.78 is 17.6. The van der Waals surface area contributed by atoms with Crippen LogP contribution in [0.3, 0.4) is 0 Å². The number of aryl methyl sites for hydroxylation is 2. The number of nitrogens with zero attached hydrogens (tertiary/aromatic N) is 1. The number of para-hydroxylation sites is 1. The van der Waals surface area contributed by atoms with E-state index in [4.69, 9.17) is 4.74 Å². The highest BCUT2D eigenvalue weighted by molar-refractivity contribution is 7.86. The molecule has 8 heteroatoms. The number of morpholine rings is 1. The summed E-state index contributed by atoms with van der Waals surface area (Å²) in [4.78, 5) is 26.6. The second-order valence-electron chi connectivity index (χ2n) is 7.24. The summed E-state index contributed by atoms with van der Waals surface area (Å²) in [5.74, 6) is -1.21. The van der Waals surface area contributed by atoms with Gasteiger partial charge in [-0.05, 0) is 49.2 Å². The van der Waals surface area contributed by atoms with E-state index in [1.807, 2.05) is 56.3 Å². The number of hydrogen-bond acceptors (Lipinski definition) is 5. The van der Waals surface area contributed by atoms with Crippen molar-refractivity contribution in [1.82, 2.24) is 0 Å². The van der Waals surface area contributed by atoms with E-state index in [9.17, 15) is 13.8 Å². The van der Waals surface area contributed by atoms with Crippen LogP contribution in [0.1, 0.15) is 11.1 Å². The van der Waals surface area contributed by atoms with Gasteiger partial charge in [-0.1, -0.05) is 18.2 Å². The monoisotopic (exact) mass is 429 g/mol. The molecule has 2 aromatic rings. The molecule has 160 valence electrons. The van der Waals surface area contributed by atoms with Gasteiger partial charge in [0.1, 0.15) is 11.5 Å². The van der Waals surface area contributed by atoms with Gasteiger partial charge < -0.3 is 20.3 Å². The van der Waals surface area contributed by atoms with Crippen molar-refractivity contribution in [3.8, 4) is 0 Å². The average molecular weight is 430 g/mol. The predicted molar refractivity (Wildman–Crippen MR) is 121 cm³/mol. The van der Waals surface area contributed by atoms with Gasteiger partial charge in [0, 0.05) is 41.0 Å². The van der Waals surface area contributed by atoms with Gasteiger partial charge >= 0.3 is 0 Å². The lowest BCUT2D eigenvalue weighted by atomic mass is 10.1. The Morgan fingerprint density at radius 1 is 0.933 bits per heavy atom. The van der Waals surface area contributed by atoms with Gasteiger partial charge in [0.2, 0.25) is 11.8 Å². The van der Waals surface area contributed by atoms with Gasteiger partial charge in [0.15, 0.2) is 0 Å². The van der Waals surface area contributed by atoms with Gasteiger partial charge in [-0.25, -0.2) is 0 Å². The topological polar surface area (TPSA) is 87.7 Å². The van der Waals surface area contributed by atoms with Crippen molar-refractivity contribution >= 4 is 39.7 Å². The fourth-order valence-corrected chi connectivity index (χ4v) is 4.14. The highest BCUT2D eigenvalue weighted by Gasteiger charge is 2.15. The van der Waals surface area contributed by atoms with Gasteiger partial charge in [0.25, 0.3) is 0 Å². The minimum absolute atomic E-state index is 0.225. The third kappa shape index (κ3) is 6.14. The molecule has 1 heterocycles. The summed E-state index contributed by atoms with van der Waals surface area (Å²) in [6.07, 6.45) is 0. The normalized spacial score (nSPS) is 14.8. The Bertz CT molecular complexity index is 904. The first-order valence-electron chi connectivity index (χ1n) is 9.86. The zero-order valence-electron chi connectivity index (χ0n) is 17.3. The maximum Gasteiger partial charge on any atom is 0.237 e. The molecule has 0 spiro atoms. The zero-order valence-corrected chi connectivity index (χ0v) is 18.1. The number of carbonyl (C=O) groups excluding carboxylic acids is 2. The molecule has 2 amide bonds. The molecule has 0 bridgehead atoms. The molecular formula is C22H27N3O4S. The molecule has 1 fully saturated rings. The summed E-state index contributed by atoms with van der Waals surface area (Å²) in [6.45, 7) is 6.90. The number of nitrogens with one attached hydrogen (secondary N) is 2. The largest absolute Gasteiger partial charge is 0.378 e. The molecule has 0 saturated carbocycles. The highest BCUT2D eigenvalue weighted by Crippen LogP contribution is 2.20. The number of anilines is 3. The van der Waals surface area contributed by atoms with Crippen molar-refractivity contribution in [1.29, 1.82) is 0 Å². The quantitative estimate of drug-likeness (QED) is 0.706. The molecule has 0 aromatic heterocycles. The molecule has 1 atom stereocenters. The van der Waals surface area contributed by atoms with E-state index in [0.29, 0.717) is 18.9 Å².